The molecule has 1 atom stereocenters. The smallest absolute Gasteiger partial charge is 0.0162 e. The van der Waals surface area contributed by atoms with Gasteiger partial charge in [-0.15, -0.1) is 11.4 Å². The molecule has 0 spiro atoms. The Morgan fingerprint density at radius 2 is 2.18 bits per heavy atom. The summed E-state index contributed by atoms with van der Waals surface area (Å²) >= 11 is 2.05. The second-order valence-corrected chi connectivity index (χ2v) is 7.99. The number of hydrogen-bond donors (Lipinski definition) is 2. The lowest BCUT2D eigenvalue weighted by molar-refractivity contribution is 0.579. The Balaban J connectivity index is 3.01. The SMILES string of the molecule is CC(CN)NCCSP(C)C. The van der Waals surface area contributed by atoms with Crippen LogP contribution in [0.25, 0.3) is 0 Å². The lowest BCUT2D eigenvalue weighted by Crippen LogP contribution is -2.34. The number of nitrogens with one attached hydrogen (secondary N) is 1. The summed E-state index contributed by atoms with van der Waals surface area (Å²) in [6, 6.07) is 0.468. The van der Waals surface area contributed by atoms with Crippen molar-refractivity contribution in [3.8, 4) is 0 Å². The molecule has 0 rings (SSSR count). The van der Waals surface area contributed by atoms with Gasteiger partial charge in [0.05, 0.1) is 0 Å². The van der Waals surface area contributed by atoms with Crippen molar-refractivity contribution >= 4 is 18.5 Å². The average molecular weight is 194 g/mol. The second-order valence-electron chi connectivity index (χ2n) is 2.74. The van der Waals surface area contributed by atoms with E-state index in [1.165, 1.54) is 5.75 Å². The maximum absolute atomic E-state index is 5.45. The quantitative estimate of drug-likeness (QED) is 0.494. The molecule has 0 heterocycles. The van der Waals surface area contributed by atoms with Gasteiger partial charge in [-0.2, -0.15) is 0 Å². The molecule has 0 amide bonds. The van der Waals surface area contributed by atoms with E-state index in [1.807, 2.05) is 11.4 Å². The van der Waals surface area contributed by atoms with Gasteiger partial charge in [0, 0.05) is 24.9 Å². The van der Waals surface area contributed by atoms with Crippen molar-refractivity contribution in [2.24, 2.45) is 5.73 Å². The highest BCUT2D eigenvalue weighted by molar-refractivity contribution is 8.55. The highest BCUT2D eigenvalue weighted by Gasteiger charge is 1.97. The van der Waals surface area contributed by atoms with Gasteiger partial charge in [0.1, 0.15) is 0 Å². The largest absolute Gasteiger partial charge is 0.329 e. The molecule has 3 N–H and O–H groups in total. The van der Waals surface area contributed by atoms with Crippen LogP contribution in [0.15, 0.2) is 0 Å². The van der Waals surface area contributed by atoms with Crippen LogP contribution in [-0.2, 0) is 0 Å². The van der Waals surface area contributed by atoms with Crippen LogP contribution in [-0.4, -0.2) is 38.2 Å². The second kappa shape index (κ2) is 7.35. The highest BCUT2D eigenvalue weighted by atomic mass is 32.7. The lowest BCUT2D eigenvalue weighted by atomic mass is 10.3. The monoisotopic (exact) mass is 194 g/mol. The van der Waals surface area contributed by atoms with Crippen molar-refractivity contribution in [3.05, 3.63) is 0 Å². The topological polar surface area (TPSA) is 38.0 Å². The molecule has 0 aliphatic rings. The van der Waals surface area contributed by atoms with Crippen LogP contribution >= 0.6 is 18.5 Å². The third-order valence-electron chi connectivity index (χ3n) is 1.30. The molecule has 0 aromatic rings. The van der Waals surface area contributed by atoms with Crippen molar-refractivity contribution in [2.45, 2.75) is 13.0 Å². The third kappa shape index (κ3) is 8.61. The van der Waals surface area contributed by atoms with Crippen molar-refractivity contribution in [2.75, 3.05) is 32.2 Å². The molecule has 0 aromatic heterocycles. The molecule has 0 aliphatic heterocycles. The first-order chi connectivity index (χ1) is 5.16. The zero-order valence-corrected chi connectivity index (χ0v) is 9.34. The Bertz CT molecular complexity index is 90.5. The van der Waals surface area contributed by atoms with Crippen LogP contribution in [0.2, 0.25) is 0 Å². The van der Waals surface area contributed by atoms with Gasteiger partial charge in [-0.3, -0.25) is 0 Å². The molecule has 0 saturated carbocycles. The van der Waals surface area contributed by atoms with Crippen LogP contribution in [0.3, 0.4) is 0 Å². The van der Waals surface area contributed by atoms with E-state index in [-0.39, 0.29) is 7.12 Å². The molecule has 4 heteroatoms. The fourth-order valence-electron chi connectivity index (χ4n) is 0.617. The summed E-state index contributed by atoms with van der Waals surface area (Å²) in [5.41, 5.74) is 5.45. The zero-order valence-electron chi connectivity index (χ0n) is 7.63. The molecule has 0 fully saturated rings. The molecular weight excluding hydrogens is 175 g/mol. The summed E-state index contributed by atoms with van der Waals surface area (Å²) in [7, 11) is 0.210. The van der Waals surface area contributed by atoms with Gasteiger partial charge in [-0.1, -0.05) is 7.12 Å². The van der Waals surface area contributed by atoms with Gasteiger partial charge in [0.2, 0.25) is 0 Å². The van der Waals surface area contributed by atoms with E-state index in [1.54, 1.807) is 0 Å². The van der Waals surface area contributed by atoms with Gasteiger partial charge in [0.25, 0.3) is 0 Å². The zero-order chi connectivity index (χ0) is 8.69. The number of nitrogens with two attached hydrogens (primary N) is 1. The summed E-state index contributed by atoms with van der Waals surface area (Å²) in [5.74, 6) is 1.21. The molecular formula is C7H19N2PS. The van der Waals surface area contributed by atoms with E-state index in [0.717, 1.165) is 13.1 Å². The molecule has 68 valence electrons. The Morgan fingerprint density at radius 3 is 2.64 bits per heavy atom. The van der Waals surface area contributed by atoms with Crippen LogP contribution in [0.4, 0.5) is 0 Å². The predicted molar refractivity (Wildman–Crippen MR) is 57.7 cm³/mol. The van der Waals surface area contributed by atoms with Crippen molar-refractivity contribution in [1.29, 1.82) is 0 Å². The Kier molecular flexibility index (Phi) is 7.82. The Hall–Kier alpha value is 0.700. The molecule has 0 aromatic carbocycles. The predicted octanol–water partition coefficient (Wildman–Crippen LogP) is 1.31. The van der Waals surface area contributed by atoms with Gasteiger partial charge < -0.3 is 11.1 Å². The molecule has 11 heavy (non-hydrogen) atoms. The number of hydrogen-bond acceptors (Lipinski definition) is 3. The molecule has 1 unspecified atom stereocenters. The minimum absolute atomic E-state index is 0.210. The molecule has 2 nitrogen and oxygen atoms in total. The third-order valence-corrected chi connectivity index (χ3v) is 4.30. The van der Waals surface area contributed by atoms with Gasteiger partial charge >= 0.3 is 0 Å². The maximum Gasteiger partial charge on any atom is 0.0162 e. The van der Waals surface area contributed by atoms with Crippen LogP contribution in [0.5, 0.6) is 0 Å². The summed E-state index contributed by atoms with van der Waals surface area (Å²) in [5, 5.41) is 3.35. The van der Waals surface area contributed by atoms with E-state index in [4.69, 9.17) is 5.73 Å². The van der Waals surface area contributed by atoms with Crippen LogP contribution in [0.1, 0.15) is 6.92 Å². The van der Waals surface area contributed by atoms with Crippen molar-refractivity contribution in [1.82, 2.24) is 5.32 Å². The summed E-state index contributed by atoms with van der Waals surface area (Å²) in [6.07, 6.45) is 0. The summed E-state index contributed by atoms with van der Waals surface area (Å²) < 4.78 is 0. The minimum atomic E-state index is 0.210. The molecule has 0 radical (unpaired) electrons. The number of rotatable bonds is 6. The van der Waals surface area contributed by atoms with E-state index in [9.17, 15) is 0 Å². The first-order valence-electron chi connectivity index (χ1n) is 3.90. The first-order valence-corrected chi connectivity index (χ1v) is 7.73. The Morgan fingerprint density at radius 1 is 1.55 bits per heavy atom. The summed E-state index contributed by atoms with van der Waals surface area (Å²) in [4.78, 5) is 0. The van der Waals surface area contributed by atoms with E-state index >= 15 is 0 Å². The molecule has 0 bridgehead atoms. The van der Waals surface area contributed by atoms with Crippen LogP contribution in [0, 0.1) is 0 Å². The fraction of sp³-hybridized carbons (Fsp3) is 1.00. The Labute approximate surface area is 75.2 Å². The lowest BCUT2D eigenvalue weighted by Gasteiger charge is -2.11. The van der Waals surface area contributed by atoms with Crippen molar-refractivity contribution < 1.29 is 0 Å². The van der Waals surface area contributed by atoms with E-state index in [0.29, 0.717) is 6.04 Å². The average Bonchev–Trinajstić information content (AvgIpc) is 1.97. The normalized spacial score (nSPS) is 13.9. The molecule has 0 aliphatic carbocycles. The van der Waals surface area contributed by atoms with Gasteiger partial charge in [0.15, 0.2) is 0 Å². The van der Waals surface area contributed by atoms with Crippen LogP contribution < -0.4 is 11.1 Å². The first kappa shape index (κ1) is 11.7. The highest BCUT2D eigenvalue weighted by Crippen LogP contribution is 2.41. The maximum atomic E-state index is 5.45. The standard InChI is InChI=1S/C7H19N2PS/c1-7(6-8)9-4-5-11-10(2)3/h7,9H,4-6,8H2,1-3H3. The van der Waals surface area contributed by atoms with Crippen molar-refractivity contribution in [3.63, 3.8) is 0 Å². The summed E-state index contributed by atoms with van der Waals surface area (Å²) in [6.45, 7) is 8.51. The van der Waals surface area contributed by atoms with Gasteiger partial charge in [-0.25, -0.2) is 0 Å². The molecule has 0 saturated heterocycles. The fourth-order valence-corrected chi connectivity index (χ4v) is 2.56. The van der Waals surface area contributed by atoms with E-state index in [2.05, 4.69) is 25.6 Å². The minimum Gasteiger partial charge on any atom is -0.329 e. The van der Waals surface area contributed by atoms with Gasteiger partial charge in [-0.05, 0) is 20.3 Å². The van der Waals surface area contributed by atoms with E-state index < -0.39 is 0 Å².